The summed E-state index contributed by atoms with van der Waals surface area (Å²) in [6.07, 6.45) is 3.11. The first kappa shape index (κ1) is 14.4. The van der Waals surface area contributed by atoms with Crippen molar-refractivity contribution in [3.05, 3.63) is 36.0 Å². The second-order valence-electron chi connectivity index (χ2n) is 5.67. The van der Waals surface area contributed by atoms with Crippen LogP contribution in [0.5, 0.6) is 0 Å². The third-order valence-electron chi connectivity index (χ3n) is 4.24. The van der Waals surface area contributed by atoms with Gasteiger partial charge in [-0.3, -0.25) is 4.79 Å². The summed E-state index contributed by atoms with van der Waals surface area (Å²) in [5.41, 5.74) is 2.21. The topological polar surface area (TPSA) is 56.3 Å². The number of nitrogens with zero attached hydrogens (tertiary/aromatic N) is 1. The van der Waals surface area contributed by atoms with Gasteiger partial charge in [0, 0.05) is 35.9 Å². The van der Waals surface area contributed by atoms with Crippen LogP contribution >= 0.6 is 11.6 Å². The Morgan fingerprint density at radius 3 is 2.95 bits per heavy atom. The highest BCUT2D eigenvalue weighted by Crippen LogP contribution is 2.25. The first-order valence-electron chi connectivity index (χ1n) is 7.24. The Labute approximate surface area is 128 Å². The fourth-order valence-electron chi connectivity index (χ4n) is 3.09. The number of carbonyl (C=O) groups excluding carboxylic acids is 1. The van der Waals surface area contributed by atoms with Crippen molar-refractivity contribution in [2.24, 2.45) is 5.92 Å². The van der Waals surface area contributed by atoms with E-state index in [9.17, 15) is 9.90 Å². The first-order valence-corrected chi connectivity index (χ1v) is 7.77. The van der Waals surface area contributed by atoms with Crippen molar-refractivity contribution >= 4 is 28.4 Å². The number of benzene rings is 1. The fraction of sp³-hybridized carbons (Fsp3) is 0.438. The molecule has 1 aliphatic heterocycles. The van der Waals surface area contributed by atoms with E-state index >= 15 is 0 Å². The van der Waals surface area contributed by atoms with Crippen LogP contribution in [-0.2, 0) is 11.2 Å². The van der Waals surface area contributed by atoms with Crippen molar-refractivity contribution in [3.8, 4) is 0 Å². The number of amides is 1. The lowest BCUT2D eigenvalue weighted by molar-refractivity contribution is -0.130. The predicted octanol–water partition coefficient (Wildman–Crippen LogP) is 2.16. The second kappa shape index (κ2) is 6.08. The Bertz CT molecular complexity index is 640. The number of nitrogens with one attached hydrogen (secondary N) is 1. The van der Waals surface area contributed by atoms with E-state index in [4.69, 9.17) is 11.6 Å². The van der Waals surface area contributed by atoms with E-state index in [-0.39, 0.29) is 24.5 Å². The lowest BCUT2D eigenvalue weighted by Gasteiger charge is -2.26. The number of aliphatic hydroxyl groups excluding tert-OH is 1. The molecule has 2 unspecified atom stereocenters. The van der Waals surface area contributed by atoms with Crippen molar-refractivity contribution in [1.29, 1.82) is 0 Å². The molecule has 2 N–H and O–H groups in total. The Kier molecular flexibility index (Phi) is 4.17. The van der Waals surface area contributed by atoms with E-state index in [1.165, 1.54) is 0 Å². The molecule has 1 fully saturated rings. The zero-order chi connectivity index (χ0) is 14.8. The van der Waals surface area contributed by atoms with E-state index in [1.807, 2.05) is 24.4 Å². The minimum absolute atomic E-state index is 0.0275. The molecule has 2 atom stereocenters. The van der Waals surface area contributed by atoms with Crippen LogP contribution < -0.4 is 0 Å². The number of rotatable bonds is 5. The summed E-state index contributed by atoms with van der Waals surface area (Å²) in [7, 11) is 0. The maximum atomic E-state index is 12.1. The number of hydrogen-bond donors (Lipinski definition) is 2. The molecule has 1 aromatic heterocycles. The third-order valence-corrected chi connectivity index (χ3v) is 4.68. The maximum absolute atomic E-state index is 12.1. The fourth-order valence-corrected chi connectivity index (χ4v) is 3.30. The van der Waals surface area contributed by atoms with Crippen LogP contribution in [0.15, 0.2) is 30.5 Å². The molecule has 112 valence electrons. The molecule has 0 radical (unpaired) electrons. The van der Waals surface area contributed by atoms with Crippen molar-refractivity contribution in [2.45, 2.75) is 18.9 Å². The lowest BCUT2D eigenvalue weighted by atomic mass is 10.0. The normalized spacial score (nSPS) is 20.4. The van der Waals surface area contributed by atoms with Gasteiger partial charge >= 0.3 is 0 Å². The number of halogens is 1. The highest BCUT2D eigenvalue weighted by molar-refractivity contribution is 6.18. The highest BCUT2D eigenvalue weighted by Gasteiger charge is 2.33. The van der Waals surface area contributed by atoms with Gasteiger partial charge in [0.05, 0.1) is 12.6 Å². The number of fused-ring (bicyclic) bond motifs is 1. The van der Waals surface area contributed by atoms with Crippen LogP contribution in [0, 0.1) is 5.92 Å². The van der Waals surface area contributed by atoms with Crippen molar-refractivity contribution in [3.63, 3.8) is 0 Å². The predicted molar refractivity (Wildman–Crippen MR) is 83.4 cm³/mol. The molecule has 0 aliphatic carbocycles. The zero-order valence-corrected chi connectivity index (χ0v) is 12.5. The molecule has 5 heteroatoms. The van der Waals surface area contributed by atoms with Gasteiger partial charge in [-0.05, 0) is 24.0 Å². The standard InChI is InChI=1S/C16H19ClN2O2/c17-7-11-5-16(21)19(9-11)13(10-20)6-12-8-18-15-4-2-1-3-14(12)15/h1-4,8,11,13,18,20H,5-7,9-10H2. The summed E-state index contributed by atoms with van der Waals surface area (Å²) in [6.45, 7) is 0.621. The van der Waals surface area contributed by atoms with Crippen LogP contribution in [0.1, 0.15) is 12.0 Å². The van der Waals surface area contributed by atoms with Gasteiger partial charge in [-0.1, -0.05) is 18.2 Å². The molecule has 21 heavy (non-hydrogen) atoms. The van der Waals surface area contributed by atoms with E-state index in [0.717, 1.165) is 16.5 Å². The molecular weight excluding hydrogens is 288 g/mol. The van der Waals surface area contributed by atoms with Gasteiger partial charge in [-0.2, -0.15) is 0 Å². The van der Waals surface area contributed by atoms with E-state index in [1.54, 1.807) is 4.90 Å². The summed E-state index contributed by atoms with van der Waals surface area (Å²) in [4.78, 5) is 17.1. The van der Waals surface area contributed by atoms with Gasteiger partial charge < -0.3 is 15.0 Å². The maximum Gasteiger partial charge on any atom is 0.223 e. The number of para-hydroxylation sites is 1. The summed E-state index contributed by atoms with van der Waals surface area (Å²) < 4.78 is 0. The largest absolute Gasteiger partial charge is 0.394 e. The number of alkyl halides is 1. The van der Waals surface area contributed by atoms with Gasteiger partial charge in [-0.15, -0.1) is 11.6 Å². The molecule has 3 rings (SSSR count). The lowest BCUT2D eigenvalue weighted by Crippen LogP contribution is -2.40. The van der Waals surface area contributed by atoms with E-state index in [0.29, 0.717) is 25.3 Å². The third kappa shape index (κ3) is 2.78. The average Bonchev–Trinajstić information content (AvgIpc) is 3.08. The number of hydrogen-bond acceptors (Lipinski definition) is 2. The molecule has 1 aromatic carbocycles. The summed E-state index contributed by atoms with van der Waals surface area (Å²) in [5, 5.41) is 10.8. The molecule has 2 heterocycles. The van der Waals surface area contributed by atoms with Crippen molar-refractivity contribution in [1.82, 2.24) is 9.88 Å². The second-order valence-corrected chi connectivity index (χ2v) is 5.98. The quantitative estimate of drug-likeness (QED) is 0.832. The summed E-state index contributed by atoms with van der Waals surface area (Å²) >= 11 is 5.86. The van der Waals surface area contributed by atoms with Gasteiger partial charge in [0.2, 0.25) is 5.91 Å². The number of likely N-dealkylation sites (tertiary alicyclic amines) is 1. The number of carbonyl (C=O) groups is 1. The SMILES string of the molecule is O=C1CC(CCl)CN1C(CO)Cc1c[nH]c2ccccc12. The van der Waals surface area contributed by atoms with Crippen LogP contribution in [-0.4, -0.2) is 46.0 Å². The molecule has 0 bridgehead atoms. The Morgan fingerprint density at radius 2 is 2.24 bits per heavy atom. The summed E-state index contributed by atoms with van der Waals surface area (Å²) in [6, 6.07) is 7.89. The first-order chi connectivity index (χ1) is 10.2. The molecule has 2 aromatic rings. The van der Waals surface area contributed by atoms with Gasteiger partial charge in [0.15, 0.2) is 0 Å². The smallest absolute Gasteiger partial charge is 0.223 e. The van der Waals surface area contributed by atoms with Gasteiger partial charge in [-0.25, -0.2) is 0 Å². The number of aliphatic hydroxyl groups is 1. The summed E-state index contributed by atoms with van der Waals surface area (Å²) in [5.74, 6) is 0.795. The van der Waals surface area contributed by atoms with Crippen molar-refractivity contribution in [2.75, 3.05) is 19.0 Å². The van der Waals surface area contributed by atoms with Crippen LogP contribution in [0.2, 0.25) is 0 Å². The van der Waals surface area contributed by atoms with Crippen LogP contribution in [0.3, 0.4) is 0 Å². The van der Waals surface area contributed by atoms with Crippen molar-refractivity contribution < 1.29 is 9.90 Å². The highest BCUT2D eigenvalue weighted by atomic mass is 35.5. The molecule has 1 aliphatic rings. The molecule has 4 nitrogen and oxygen atoms in total. The number of H-pyrrole nitrogens is 1. The molecule has 1 amide bonds. The van der Waals surface area contributed by atoms with E-state index < -0.39 is 0 Å². The number of aromatic amines is 1. The minimum atomic E-state index is -0.176. The monoisotopic (exact) mass is 306 g/mol. The van der Waals surface area contributed by atoms with Gasteiger partial charge in [0.25, 0.3) is 0 Å². The average molecular weight is 307 g/mol. The van der Waals surface area contributed by atoms with Crippen LogP contribution in [0.25, 0.3) is 10.9 Å². The molecular formula is C16H19ClN2O2. The van der Waals surface area contributed by atoms with Gasteiger partial charge in [0.1, 0.15) is 0 Å². The van der Waals surface area contributed by atoms with Crippen LogP contribution in [0.4, 0.5) is 0 Å². The molecule has 0 saturated carbocycles. The Hall–Kier alpha value is -1.52. The Morgan fingerprint density at radius 1 is 1.43 bits per heavy atom. The number of aromatic nitrogens is 1. The minimum Gasteiger partial charge on any atom is -0.394 e. The zero-order valence-electron chi connectivity index (χ0n) is 11.8. The Balaban J connectivity index is 1.80. The van der Waals surface area contributed by atoms with E-state index in [2.05, 4.69) is 11.1 Å². The molecule has 0 spiro atoms. The molecule has 1 saturated heterocycles.